The lowest BCUT2D eigenvalue weighted by molar-refractivity contribution is -0.135. The summed E-state index contributed by atoms with van der Waals surface area (Å²) in [6, 6.07) is 5.98. The van der Waals surface area contributed by atoms with Gasteiger partial charge in [-0.2, -0.15) is 0 Å². The van der Waals surface area contributed by atoms with Crippen molar-refractivity contribution in [2.75, 3.05) is 22.0 Å². The van der Waals surface area contributed by atoms with E-state index in [0.29, 0.717) is 23.5 Å². The average Bonchev–Trinajstić information content (AvgIpc) is 2.94. The normalized spacial score (nSPS) is 26.3. The van der Waals surface area contributed by atoms with Crippen molar-refractivity contribution >= 4 is 45.0 Å². The summed E-state index contributed by atoms with van der Waals surface area (Å²) in [7, 11) is -3.38. The van der Waals surface area contributed by atoms with Gasteiger partial charge in [0.2, 0.25) is 21.8 Å². The first-order valence-electron chi connectivity index (χ1n) is 7.53. The molecule has 130 valence electrons. The van der Waals surface area contributed by atoms with Gasteiger partial charge in [-0.05, 0) is 31.5 Å². The molecule has 2 aliphatic rings. The lowest BCUT2D eigenvalue weighted by Crippen LogP contribution is -2.48. The quantitative estimate of drug-likeness (QED) is 0.837. The molecule has 3 rings (SSSR count). The van der Waals surface area contributed by atoms with Crippen molar-refractivity contribution in [3.8, 4) is 0 Å². The molecule has 0 aliphatic carbocycles. The van der Waals surface area contributed by atoms with E-state index in [1.54, 1.807) is 40.9 Å². The first-order valence-corrected chi connectivity index (χ1v) is 10.4. The molecule has 7 nitrogen and oxygen atoms in total. The van der Waals surface area contributed by atoms with Gasteiger partial charge in [0.05, 0.1) is 16.8 Å². The maximum absolute atomic E-state index is 12.6. The Morgan fingerprint density at radius 2 is 2.08 bits per heavy atom. The van der Waals surface area contributed by atoms with Crippen LogP contribution in [0.15, 0.2) is 24.3 Å². The number of anilines is 2. The highest BCUT2D eigenvalue weighted by Gasteiger charge is 2.52. The van der Waals surface area contributed by atoms with Crippen molar-refractivity contribution in [2.45, 2.75) is 30.7 Å². The smallest absolute Gasteiger partial charge is 0.248 e. The lowest BCUT2D eigenvalue weighted by atomic mass is 10.2. The Morgan fingerprint density at radius 1 is 1.38 bits per heavy atom. The summed E-state index contributed by atoms with van der Waals surface area (Å²) in [5.41, 5.74) is 0.858. The fourth-order valence-electron chi connectivity index (χ4n) is 3.11. The third-order valence-electron chi connectivity index (χ3n) is 4.18. The van der Waals surface area contributed by atoms with E-state index in [1.807, 2.05) is 6.92 Å². The van der Waals surface area contributed by atoms with Gasteiger partial charge in [0.1, 0.15) is 6.04 Å². The molecule has 2 aliphatic heterocycles. The van der Waals surface area contributed by atoms with Crippen LogP contribution in [0, 0.1) is 0 Å². The molecule has 0 bridgehead atoms. The van der Waals surface area contributed by atoms with Gasteiger partial charge in [0, 0.05) is 17.9 Å². The molecule has 2 heterocycles. The molecule has 24 heavy (non-hydrogen) atoms. The summed E-state index contributed by atoms with van der Waals surface area (Å²) < 4.78 is 25.0. The third kappa shape index (κ3) is 3.36. The van der Waals surface area contributed by atoms with Crippen molar-refractivity contribution in [1.82, 2.24) is 4.90 Å². The van der Waals surface area contributed by atoms with Crippen molar-refractivity contribution in [1.29, 1.82) is 0 Å². The van der Waals surface area contributed by atoms with Crippen LogP contribution in [0.5, 0.6) is 0 Å². The predicted molar refractivity (Wildman–Crippen MR) is 94.3 cm³/mol. The molecular formula is C15H19N3O4S2. The van der Waals surface area contributed by atoms with E-state index in [9.17, 15) is 18.0 Å². The van der Waals surface area contributed by atoms with Crippen molar-refractivity contribution in [2.24, 2.45) is 0 Å². The van der Waals surface area contributed by atoms with Gasteiger partial charge in [-0.3, -0.25) is 14.3 Å². The molecule has 9 heteroatoms. The number of rotatable bonds is 4. The molecule has 0 radical (unpaired) electrons. The highest BCUT2D eigenvalue weighted by molar-refractivity contribution is 8.01. The molecule has 1 aromatic rings. The van der Waals surface area contributed by atoms with Gasteiger partial charge >= 0.3 is 0 Å². The van der Waals surface area contributed by atoms with Crippen molar-refractivity contribution < 1.29 is 18.0 Å². The summed E-state index contributed by atoms with van der Waals surface area (Å²) in [5, 5.41) is 2.78. The van der Waals surface area contributed by atoms with Crippen LogP contribution < -0.4 is 10.0 Å². The van der Waals surface area contributed by atoms with Gasteiger partial charge in [0.25, 0.3) is 0 Å². The van der Waals surface area contributed by atoms with E-state index in [2.05, 4.69) is 10.0 Å². The van der Waals surface area contributed by atoms with Gasteiger partial charge in [-0.25, -0.2) is 8.42 Å². The fourth-order valence-corrected chi connectivity index (χ4v) is 5.10. The third-order valence-corrected chi connectivity index (χ3v) is 6.29. The number of carbonyl (C=O) groups is 2. The Morgan fingerprint density at radius 3 is 2.79 bits per heavy atom. The Hall–Kier alpha value is -1.74. The second-order valence-electron chi connectivity index (χ2n) is 6.21. The summed E-state index contributed by atoms with van der Waals surface area (Å²) in [6.07, 6.45) is 2.29. The molecule has 0 saturated carbocycles. The van der Waals surface area contributed by atoms with Crippen LogP contribution in [0.2, 0.25) is 0 Å². The molecule has 2 fully saturated rings. The van der Waals surface area contributed by atoms with E-state index < -0.39 is 16.1 Å². The molecule has 2 amide bonds. The number of nitrogens with zero attached hydrogens (tertiary/aromatic N) is 1. The number of amides is 2. The number of hydrogen-bond acceptors (Lipinski definition) is 5. The Bertz CT molecular complexity index is 796. The van der Waals surface area contributed by atoms with Crippen LogP contribution in [0.3, 0.4) is 0 Å². The lowest BCUT2D eigenvalue weighted by Gasteiger charge is -2.29. The zero-order valence-corrected chi connectivity index (χ0v) is 15.0. The van der Waals surface area contributed by atoms with E-state index >= 15 is 0 Å². The second-order valence-corrected chi connectivity index (χ2v) is 9.46. The topological polar surface area (TPSA) is 95.6 Å². The van der Waals surface area contributed by atoms with Crippen LogP contribution in [0.1, 0.15) is 19.8 Å². The van der Waals surface area contributed by atoms with Gasteiger partial charge in [0.15, 0.2) is 0 Å². The SMILES string of the molecule is C[C@]12CCC(=O)N1[C@H](C(=O)Nc1cccc(NS(C)(=O)=O)c1)CS2. The minimum absolute atomic E-state index is 0.00939. The minimum Gasteiger partial charge on any atom is -0.324 e. The molecule has 1 aromatic carbocycles. The summed E-state index contributed by atoms with van der Waals surface area (Å²) >= 11 is 1.63. The standard InChI is InChI=1S/C15H19N3O4S2/c1-15-7-6-13(19)18(15)12(9-23-15)14(20)16-10-4-3-5-11(8-10)17-24(2,21)22/h3-5,8,12,17H,6-7,9H2,1-2H3,(H,16,20)/t12-,15-/m0/s1. The number of carbonyl (C=O) groups excluding carboxylic acids is 2. The van der Waals surface area contributed by atoms with Crippen LogP contribution in [-0.2, 0) is 19.6 Å². The molecule has 2 atom stereocenters. The number of benzene rings is 1. The molecular weight excluding hydrogens is 350 g/mol. The zero-order chi connectivity index (χ0) is 17.5. The molecule has 0 unspecified atom stereocenters. The van der Waals surface area contributed by atoms with Crippen LogP contribution in [-0.4, -0.2) is 48.1 Å². The number of fused-ring (bicyclic) bond motifs is 1. The fraction of sp³-hybridized carbons (Fsp3) is 0.467. The van der Waals surface area contributed by atoms with E-state index in [-0.39, 0.29) is 16.7 Å². The molecule has 0 spiro atoms. The van der Waals surface area contributed by atoms with Gasteiger partial charge in [-0.15, -0.1) is 11.8 Å². The Balaban J connectivity index is 1.74. The second kappa shape index (κ2) is 5.96. The molecule has 2 N–H and O–H groups in total. The van der Waals surface area contributed by atoms with E-state index in [1.165, 1.54) is 0 Å². The number of nitrogens with one attached hydrogen (secondary N) is 2. The maximum Gasteiger partial charge on any atom is 0.248 e. The van der Waals surface area contributed by atoms with Crippen molar-refractivity contribution in [3.63, 3.8) is 0 Å². The predicted octanol–water partition coefficient (Wildman–Crippen LogP) is 1.45. The highest BCUT2D eigenvalue weighted by Crippen LogP contribution is 2.47. The average molecular weight is 369 g/mol. The zero-order valence-electron chi connectivity index (χ0n) is 13.4. The monoisotopic (exact) mass is 369 g/mol. The Labute approximate surface area is 145 Å². The largest absolute Gasteiger partial charge is 0.324 e. The van der Waals surface area contributed by atoms with Crippen LogP contribution in [0.4, 0.5) is 11.4 Å². The number of sulfonamides is 1. The van der Waals surface area contributed by atoms with Gasteiger partial charge in [-0.1, -0.05) is 6.07 Å². The summed E-state index contributed by atoms with van der Waals surface area (Å²) in [4.78, 5) is 26.1. The van der Waals surface area contributed by atoms with Crippen molar-refractivity contribution in [3.05, 3.63) is 24.3 Å². The van der Waals surface area contributed by atoms with Crippen LogP contribution >= 0.6 is 11.8 Å². The minimum atomic E-state index is -3.38. The highest BCUT2D eigenvalue weighted by atomic mass is 32.2. The Kier molecular flexibility index (Phi) is 4.25. The summed E-state index contributed by atoms with van der Waals surface area (Å²) in [5.74, 6) is 0.322. The van der Waals surface area contributed by atoms with E-state index in [0.717, 1.165) is 12.7 Å². The number of thioether (sulfide) groups is 1. The molecule has 2 saturated heterocycles. The first kappa shape index (κ1) is 17.1. The first-order chi connectivity index (χ1) is 11.2. The summed E-state index contributed by atoms with van der Waals surface area (Å²) in [6.45, 7) is 1.99. The molecule has 0 aromatic heterocycles. The van der Waals surface area contributed by atoms with Gasteiger partial charge < -0.3 is 10.2 Å². The van der Waals surface area contributed by atoms with E-state index in [4.69, 9.17) is 0 Å². The van der Waals surface area contributed by atoms with Crippen LogP contribution in [0.25, 0.3) is 0 Å². The number of hydrogen-bond donors (Lipinski definition) is 2. The maximum atomic E-state index is 12.6.